The van der Waals surface area contributed by atoms with Gasteiger partial charge in [0, 0.05) is 34.0 Å². The molecule has 0 saturated heterocycles. The summed E-state index contributed by atoms with van der Waals surface area (Å²) in [5.74, 6) is 1.03. The lowest BCUT2D eigenvalue weighted by molar-refractivity contribution is -0.116. The molecule has 6 nitrogen and oxygen atoms in total. The molecule has 0 aliphatic carbocycles. The minimum atomic E-state index is -0.111. The van der Waals surface area contributed by atoms with Crippen LogP contribution in [0.15, 0.2) is 53.0 Å². The number of ether oxygens (including phenoxy) is 2. The van der Waals surface area contributed by atoms with Crippen LogP contribution in [0.1, 0.15) is 24.2 Å². The van der Waals surface area contributed by atoms with E-state index in [0.29, 0.717) is 41.7 Å². The van der Waals surface area contributed by atoms with Crippen molar-refractivity contribution in [2.75, 3.05) is 11.9 Å². The molecular formula is C22H21BrClN3O3. The third kappa shape index (κ3) is 6.71. The van der Waals surface area contributed by atoms with E-state index in [1.807, 2.05) is 26.0 Å². The molecule has 156 valence electrons. The summed E-state index contributed by atoms with van der Waals surface area (Å²) in [6.07, 6.45) is 0.879. The normalized spacial score (nSPS) is 10.5. The summed E-state index contributed by atoms with van der Waals surface area (Å²) in [5, 5.41) is 3.39. The van der Waals surface area contributed by atoms with E-state index in [2.05, 4.69) is 31.2 Å². The Morgan fingerprint density at radius 1 is 1.10 bits per heavy atom. The molecule has 0 atom stereocenters. The van der Waals surface area contributed by atoms with Crippen LogP contribution in [0.3, 0.4) is 0 Å². The monoisotopic (exact) mass is 489 g/mol. The molecule has 2 aromatic carbocycles. The third-order valence-electron chi connectivity index (χ3n) is 3.99. The van der Waals surface area contributed by atoms with Crippen LogP contribution >= 0.6 is 27.5 Å². The Labute approximate surface area is 188 Å². The van der Waals surface area contributed by atoms with Crippen LogP contribution in [0.4, 0.5) is 5.69 Å². The maximum atomic E-state index is 12.2. The number of aryl methyl sites for hydroxylation is 2. The molecule has 3 aromatic rings. The molecule has 0 radical (unpaired) electrons. The molecule has 1 aromatic heterocycles. The minimum Gasteiger partial charge on any atom is -0.492 e. The number of hydrogen-bond acceptors (Lipinski definition) is 5. The highest BCUT2D eigenvalue weighted by Crippen LogP contribution is 2.28. The van der Waals surface area contributed by atoms with Crippen LogP contribution in [0.2, 0.25) is 5.02 Å². The Bertz CT molecular complexity index is 1030. The van der Waals surface area contributed by atoms with Gasteiger partial charge in [-0.15, -0.1) is 0 Å². The topological polar surface area (TPSA) is 73.3 Å². The molecule has 0 bridgehead atoms. The van der Waals surface area contributed by atoms with Crippen LogP contribution < -0.4 is 14.8 Å². The molecule has 3 rings (SSSR count). The standard InChI is InChI=1S/C22H21BrClN3O3/c1-14-11-15(2)26-22(25-14)30-18-6-3-5-17(13-18)27-21(28)7-4-10-29-20-9-8-16(23)12-19(20)24/h3,5-6,8-9,11-13H,4,7,10H2,1-2H3,(H,27,28). The summed E-state index contributed by atoms with van der Waals surface area (Å²) >= 11 is 9.46. The van der Waals surface area contributed by atoms with Gasteiger partial charge in [0.05, 0.1) is 11.6 Å². The fourth-order valence-electron chi connectivity index (χ4n) is 2.71. The molecule has 8 heteroatoms. The second-order valence-electron chi connectivity index (χ2n) is 6.64. The SMILES string of the molecule is Cc1cc(C)nc(Oc2cccc(NC(=O)CCCOc3ccc(Br)cc3Cl)c2)n1. The number of aromatic nitrogens is 2. The number of carbonyl (C=O) groups is 1. The Balaban J connectivity index is 1.48. The van der Waals surface area contributed by atoms with Crippen molar-refractivity contribution in [2.45, 2.75) is 26.7 Å². The molecule has 1 heterocycles. The third-order valence-corrected chi connectivity index (χ3v) is 4.78. The minimum absolute atomic E-state index is 0.111. The zero-order chi connectivity index (χ0) is 21.5. The van der Waals surface area contributed by atoms with E-state index in [-0.39, 0.29) is 11.9 Å². The van der Waals surface area contributed by atoms with Gasteiger partial charge >= 0.3 is 6.01 Å². The van der Waals surface area contributed by atoms with Crippen molar-refractivity contribution in [1.29, 1.82) is 0 Å². The van der Waals surface area contributed by atoms with Gasteiger partial charge in [-0.05, 0) is 56.7 Å². The summed E-state index contributed by atoms with van der Waals surface area (Å²) in [6, 6.07) is 14.7. The van der Waals surface area contributed by atoms with E-state index < -0.39 is 0 Å². The van der Waals surface area contributed by atoms with Crippen molar-refractivity contribution in [3.8, 4) is 17.5 Å². The average Bonchev–Trinajstić information content (AvgIpc) is 2.66. The molecule has 0 aliphatic heterocycles. The van der Waals surface area contributed by atoms with Gasteiger partial charge in [0.2, 0.25) is 5.91 Å². The highest BCUT2D eigenvalue weighted by atomic mass is 79.9. The number of nitrogens with one attached hydrogen (secondary N) is 1. The first-order valence-corrected chi connectivity index (χ1v) is 10.5. The molecule has 0 saturated carbocycles. The van der Waals surface area contributed by atoms with Crippen LogP contribution in [-0.4, -0.2) is 22.5 Å². The fourth-order valence-corrected chi connectivity index (χ4v) is 3.44. The van der Waals surface area contributed by atoms with E-state index in [0.717, 1.165) is 15.9 Å². The summed E-state index contributed by atoms with van der Waals surface area (Å²) in [6.45, 7) is 4.15. The Kier molecular flexibility index (Phi) is 7.65. The quantitative estimate of drug-likeness (QED) is 0.386. The van der Waals surface area contributed by atoms with Crippen molar-refractivity contribution in [1.82, 2.24) is 9.97 Å². The maximum Gasteiger partial charge on any atom is 0.322 e. The predicted molar refractivity (Wildman–Crippen MR) is 121 cm³/mol. The lowest BCUT2D eigenvalue weighted by Gasteiger charge is -2.10. The zero-order valence-corrected chi connectivity index (χ0v) is 19.0. The summed E-state index contributed by atoms with van der Waals surface area (Å²) in [5.41, 5.74) is 2.29. The largest absolute Gasteiger partial charge is 0.492 e. The van der Waals surface area contributed by atoms with Crippen LogP contribution in [-0.2, 0) is 4.79 Å². The van der Waals surface area contributed by atoms with Gasteiger partial charge < -0.3 is 14.8 Å². The molecule has 0 spiro atoms. The molecule has 30 heavy (non-hydrogen) atoms. The lowest BCUT2D eigenvalue weighted by atomic mass is 10.2. The van der Waals surface area contributed by atoms with Gasteiger partial charge in [0.25, 0.3) is 0 Å². The van der Waals surface area contributed by atoms with Crippen molar-refractivity contribution < 1.29 is 14.3 Å². The molecule has 1 N–H and O–H groups in total. The number of rotatable bonds is 8. The predicted octanol–water partition coefficient (Wildman–Crippen LogP) is 6.10. The fraction of sp³-hybridized carbons (Fsp3) is 0.227. The summed E-state index contributed by atoms with van der Waals surface area (Å²) in [7, 11) is 0. The lowest BCUT2D eigenvalue weighted by Crippen LogP contribution is -2.12. The highest BCUT2D eigenvalue weighted by molar-refractivity contribution is 9.10. The van der Waals surface area contributed by atoms with Crippen LogP contribution in [0, 0.1) is 13.8 Å². The highest BCUT2D eigenvalue weighted by Gasteiger charge is 2.07. The number of hydrogen-bond donors (Lipinski definition) is 1. The van der Waals surface area contributed by atoms with Crippen molar-refractivity contribution >= 4 is 39.1 Å². The molecule has 1 amide bonds. The number of benzene rings is 2. The van der Waals surface area contributed by atoms with Gasteiger partial charge in [0.1, 0.15) is 11.5 Å². The number of anilines is 1. The molecular weight excluding hydrogens is 470 g/mol. The maximum absolute atomic E-state index is 12.2. The van der Waals surface area contributed by atoms with Crippen LogP contribution in [0.5, 0.6) is 17.5 Å². The number of carbonyl (C=O) groups excluding carboxylic acids is 1. The Morgan fingerprint density at radius 2 is 1.87 bits per heavy atom. The number of nitrogens with zero attached hydrogens (tertiary/aromatic N) is 2. The smallest absolute Gasteiger partial charge is 0.322 e. The number of amides is 1. The van der Waals surface area contributed by atoms with Gasteiger partial charge in [-0.2, -0.15) is 0 Å². The summed E-state index contributed by atoms with van der Waals surface area (Å²) < 4.78 is 12.2. The first kappa shape index (κ1) is 22.1. The molecule has 0 aliphatic rings. The Hall–Kier alpha value is -2.64. The van der Waals surface area contributed by atoms with Crippen molar-refractivity contribution in [3.63, 3.8) is 0 Å². The van der Waals surface area contributed by atoms with E-state index in [1.165, 1.54) is 0 Å². The van der Waals surface area contributed by atoms with E-state index >= 15 is 0 Å². The van der Waals surface area contributed by atoms with Gasteiger partial charge in [-0.1, -0.05) is 33.6 Å². The average molecular weight is 491 g/mol. The van der Waals surface area contributed by atoms with Crippen molar-refractivity contribution in [3.05, 3.63) is 69.4 Å². The Morgan fingerprint density at radius 3 is 2.60 bits per heavy atom. The number of halogens is 2. The van der Waals surface area contributed by atoms with Gasteiger partial charge in [-0.3, -0.25) is 4.79 Å². The van der Waals surface area contributed by atoms with E-state index in [4.69, 9.17) is 21.1 Å². The van der Waals surface area contributed by atoms with Gasteiger partial charge in [0.15, 0.2) is 0 Å². The van der Waals surface area contributed by atoms with Crippen molar-refractivity contribution in [2.24, 2.45) is 0 Å². The van der Waals surface area contributed by atoms with E-state index in [1.54, 1.807) is 36.4 Å². The van der Waals surface area contributed by atoms with Gasteiger partial charge in [-0.25, -0.2) is 9.97 Å². The second kappa shape index (κ2) is 10.4. The first-order valence-electron chi connectivity index (χ1n) is 9.37. The van der Waals surface area contributed by atoms with E-state index in [9.17, 15) is 4.79 Å². The second-order valence-corrected chi connectivity index (χ2v) is 7.96. The van der Waals surface area contributed by atoms with Crippen LogP contribution in [0.25, 0.3) is 0 Å². The molecule has 0 fully saturated rings. The molecule has 0 unspecified atom stereocenters. The first-order chi connectivity index (χ1) is 14.4. The zero-order valence-electron chi connectivity index (χ0n) is 16.6. The summed E-state index contributed by atoms with van der Waals surface area (Å²) in [4.78, 5) is 20.7.